The number of carbonyl (C=O) groups excluding carboxylic acids is 2. The Morgan fingerprint density at radius 1 is 0.455 bits per heavy atom. The van der Waals surface area contributed by atoms with Crippen molar-refractivity contribution in [3.05, 3.63) is 24.3 Å². The van der Waals surface area contributed by atoms with E-state index in [-0.39, 0.29) is 19.4 Å². The molecular formula is C55H105O10P. The Hall–Kier alpha value is -1.55. The summed E-state index contributed by atoms with van der Waals surface area (Å²) in [5, 5.41) is 18.4. The fraction of sp³-hybridized carbons (Fsp3) is 0.891. The molecule has 3 unspecified atom stereocenters. The number of rotatable bonds is 53. The Balaban J connectivity index is 4.10. The predicted octanol–water partition coefficient (Wildman–Crippen LogP) is 16.1. The van der Waals surface area contributed by atoms with Gasteiger partial charge in [0.15, 0.2) is 6.10 Å². The summed E-state index contributed by atoms with van der Waals surface area (Å²) in [7, 11) is -4.62. The van der Waals surface area contributed by atoms with Crippen LogP contribution < -0.4 is 0 Å². The van der Waals surface area contributed by atoms with Crippen molar-refractivity contribution in [2.24, 2.45) is 0 Å². The average Bonchev–Trinajstić information content (AvgIpc) is 3.31. The molecule has 0 aliphatic rings. The van der Waals surface area contributed by atoms with Gasteiger partial charge >= 0.3 is 19.8 Å². The van der Waals surface area contributed by atoms with Gasteiger partial charge in [-0.05, 0) is 44.9 Å². The minimum atomic E-state index is -4.62. The van der Waals surface area contributed by atoms with E-state index in [2.05, 4.69) is 38.2 Å². The molecule has 10 nitrogen and oxygen atoms in total. The third-order valence-electron chi connectivity index (χ3n) is 12.4. The highest BCUT2D eigenvalue weighted by Gasteiger charge is 2.27. The third-order valence-corrected chi connectivity index (χ3v) is 13.3. The molecule has 0 bridgehead atoms. The van der Waals surface area contributed by atoms with Crippen molar-refractivity contribution in [3.8, 4) is 0 Å². The summed E-state index contributed by atoms with van der Waals surface area (Å²) in [5.41, 5.74) is 0. The molecule has 0 aliphatic carbocycles. The minimum absolute atomic E-state index is 0.183. The first-order valence-corrected chi connectivity index (χ1v) is 29.3. The van der Waals surface area contributed by atoms with Crippen molar-refractivity contribution in [3.63, 3.8) is 0 Å². The second kappa shape index (κ2) is 51.3. The largest absolute Gasteiger partial charge is 0.472 e. The zero-order valence-corrected chi connectivity index (χ0v) is 43.8. The van der Waals surface area contributed by atoms with Gasteiger partial charge in [0.25, 0.3) is 0 Å². The molecule has 66 heavy (non-hydrogen) atoms. The normalized spacial score (nSPS) is 13.7. The van der Waals surface area contributed by atoms with Crippen LogP contribution in [0.3, 0.4) is 0 Å². The first-order chi connectivity index (χ1) is 32.2. The summed E-state index contributed by atoms with van der Waals surface area (Å²) in [6.07, 6.45) is 55.8. The van der Waals surface area contributed by atoms with E-state index in [1.807, 2.05) is 0 Å². The lowest BCUT2D eigenvalue weighted by Crippen LogP contribution is -2.29. The van der Waals surface area contributed by atoms with Gasteiger partial charge in [0, 0.05) is 12.8 Å². The lowest BCUT2D eigenvalue weighted by atomic mass is 10.0. The highest BCUT2D eigenvalue weighted by atomic mass is 31.2. The quantitative estimate of drug-likeness (QED) is 0.0233. The summed E-state index contributed by atoms with van der Waals surface area (Å²) >= 11 is 0. The summed E-state index contributed by atoms with van der Waals surface area (Å²) in [6.45, 7) is 2.43. The van der Waals surface area contributed by atoms with Crippen LogP contribution in [0.2, 0.25) is 0 Å². The number of esters is 2. The molecule has 0 fully saturated rings. The molecule has 3 atom stereocenters. The fourth-order valence-corrected chi connectivity index (χ4v) is 8.88. The molecule has 0 heterocycles. The van der Waals surface area contributed by atoms with Crippen molar-refractivity contribution in [2.45, 2.75) is 289 Å². The number of allylic oxidation sites excluding steroid dienone is 4. The Morgan fingerprint density at radius 2 is 0.788 bits per heavy atom. The smallest absolute Gasteiger partial charge is 0.462 e. The number of aliphatic hydroxyl groups excluding tert-OH is 2. The molecule has 11 heteroatoms. The van der Waals surface area contributed by atoms with E-state index >= 15 is 0 Å². The van der Waals surface area contributed by atoms with Crippen molar-refractivity contribution in [2.75, 3.05) is 26.4 Å². The molecular weight excluding hydrogens is 852 g/mol. The number of unbranched alkanes of at least 4 members (excludes halogenated alkanes) is 35. The topological polar surface area (TPSA) is 149 Å². The summed E-state index contributed by atoms with van der Waals surface area (Å²) in [5.74, 6) is -0.913. The van der Waals surface area contributed by atoms with Crippen LogP contribution in [0.4, 0.5) is 0 Å². The van der Waals surface area contributed by atoms with Crippen molar-refractivity contribution >= 4 is 19.8 Å². The summed E-state index contributed by atoms with van der Waals surface area (Å²) in [4.78, 5) is 35.3. The maximum absolute atomic E-state index is 12.7. The van der Waals surface area contributed by atoms with Gasteiger partial charge < -0.3 is 24.6 Å². The Morgan fingerprint density at radius 3 is 1.17 bits per heavy atom. The zero-order valence-electron chi connectivity index (χ0n) is 42.9. The van der Waals surface area contributed by atoms with E-state index < -0.39 is 51.8 Å². The van der Waals surface area contributed by atoms with Gasteiger partial charge in [0.1, 0.15) is 12.7 Å². The SMILES string of the molecule is CCCCCCC/C=C\C/C=C\CCCCCCCCCCCC(=O)OC(COC(=O)CCCCCCCCCCCCCCCCCCCCCCCC)COP(=O)(O)OCC(O)CO. The number of hydrogen-bond donors (Lipinski definition) is 3. The Kier molecular flexibility index (Phi) is 50.1. The Labute approximate surface area is 406 Å². The molecule has 0 aromatic rings. The first-order valence-electron chi connectivity index (χ1n) is 27.8. The van der Waals surface area contributed by atoms with E-state index in [9.17, 15) is 24.2 Å². The van der Waals surface area contributed by atoms with E-state index in [0.717, 1.165) is 51.4 Å². The average molecular weight is 957 g/mol. The highest BCUT2D eigenvalue weighted by Crippen LogP contribution is 2.43. The van der Waals surface area contributed by atoms with Crippen molar-refractivity contribution in [1.82, 2.24) is 0 Å². The fourth-order valence-electron chi connectivity index (χ4n) is 8.09. The second-order valence-corrected chi connectivity index (χ2v) is 20.4. The van der Waals surface area contributed by atoms with Crippen LogP contribution in [0.25, 0.3) is 0 Å². The molecule has 3 N–H and O–H groups in total. The molecule has 0 saturated carbocycles. The monoisotopic (exact) mass is 957 g/mol. The maximum atomic E-state index is 12.7. The molecule has 0 radical (unpaired) electrons. The summed E-state index contributed by atoms with van der Waals surface area (Å²) in [6, 6.07) is 0. The Bertz CT molecular complexity index is 1150. The number of phosphoric acid groups is 1. The van der Waals surface area contributed by atoms with Gasteiger partial charge in [-0.1, -0.05) is 244 Å². The predicted molar refractivity (Wildman–Crippen MR) is 275 cm³/mol. The van der Waals surface area contributed by atoms with Gasteiger partial charge in [0.05, 0.1) is 19.8 Å². The van der Waals surface area contributed by atoms with Crippen LogP contribution in [0.5, 0.6) is 0 Å². The van der Waals surface area contributed by atoms with Crippen molar-refractivity contribution < 1.29 is 47.8 Å². The van der Waals surface area contributed by atoms with Gasteiger partial charge in [0.2, 0.25) is 0 Å². The molecule has 0 aromatic heterocycles. The van der Waals surface area contributed by atoms with Crippen molar-refractivity contribution in [1.29, 1.82) is 0 Å². The third kappa shape index (κ3) is 50.3. The number of phosphoric ester groups is 1. The molecule has 0 aliphatic heterocycles. The maximum Gasteiger partial charge on any atom is 0.472 e. The number of hydrogen-bond acceptors (Lipinski definition) is 9. The summed E-state index contributed by atoms with van der Waals surface area (Å²) < 4.78 is 32.9. The van der Waals surface area contributed by atoms with Gasteiger partial charge in [-0.25, -0.2) is 4.57 Å². The standard InChI is InChI=1S/C55H105O10P/c1-3-5-7-9-11-13-15-17-19-21-23-25-27-28-30-32-34-36-38-40-42-44-46-54(58)62-50-53(51-64-66(60,61)63-49-52(57)48-56)65-55(59)47-45-43-41-39-37-35-33-31-29-26-24-22-20-18-16-14-12-10-8-6-4-2/h16,18,22,24,52-53,56-57H,3-15,17,19-21,23,25-51H2,1-2H3,(H,60,61)/b18-16-,24-22-. The van der Waals surface area contributed by atoms with E-state index in [1.165, 1.54) is 186 Å². The van der Waals surface area contributed by atoms with Crippen LogP contribution >= 0.6 is 7.82 Å². The van der Waals surface area contributed by atoms with Crippen LogP contribution in [-0.2, 0) is 32.7 Å². The number of carbonyl (C=O) groups is 2. The molecule has 0 saturated heterocycles. The number of ether oxygens (including phenoxy) is 2. The van der Waals surface area contributed by atoms with Crippen LogP contribution in [0, 0.1) is 0 Å². The molecule has 390 valence electrons. The van der Waals surface area contributed by atoms with Gasteiger partial charge in [-0.15, -0.1) is 0 Å². The molecule has 0 spiro atoms. The van der Waals surface area contributed by atoms with E-state index in [1.54, 1.807) is 0 Å². The van der Waals surface area contributed by atoms with Gasteiger partial charge in [-0.3, -0.25) is 18.6 Å². The lowest BCUT2D eigenvalue weighted by molar-refractivity contribution is -0.161. The zero-order chi connectivity index (χ0) is 48.3. The molecule has 0 amide bonds. The molecule has 0 aromatic carbocycles. The molecule has 0 rings (SSSR count). The van der Waals surface area contributed by atoms with Crippen LogP contribution in [-0.4, -0.2) is 65.7 Å². The first kappa shape index (κ1) is 64.5. The lowest BCUT2D eigenvalue weighted by Gasteiger charge is -2.20. The highest BCUT2D eigenvalue weighted by molar-refractivity contribution is 7.47. The second-order valence-electron chi connectivity index (χ2n) is 19.0. The van der Waals surface area contributed by atoms with Crippen LogP contribution in [0.15, 0.2) is 24.3 Å². The minimum Gasteiger partial charge on any atom is -0.462 e. The van der Waals surface area contributed by atoms with Gasteiger partial charge in [-0.2, -0.15) is 0 Å². The number of aliphatic hydroxyl groups is 2. The van der Waals surface area contributed by atoms with E-state index in [0.29, 0.717) is 12.8 Å². The van der Waals surface area contributed by atoms with Crippen LogP contribution in [0.1, 0.15) is 277 Å². The van der Waals surface area contributed by atoms with E-state index in [4.69, 9.17) is 23.6 Å².